The maximum atomic E-state index is 14.1. The number of nitrogens with zero attached hydrogens (tertiary/aromatic N) is 2. The third-order valence-corrected chi connectivity index (χ3v) is 5.97. The molecule has 0 saturated heterocycles. The average molecular weight is 501 g/mol. The Morgan fingerprint density at radius 2 is 1.53 bits per heavy atom. The Morgan fingerprint density at radius 1 is 0.861 bits per heavy atom. The van der Waals surface area contributed by atoms with E-state index >= 15 is 0 Å². The van der Waals surface area contributed by atoms with Crippen molar-refractivity contribution < 1.29 is 18.3 Å². The second-order valence-electron chi connectivity index (χ2n) is 8.06. The highest BCUT2D eigenvalue weighted by molar-refractivity contribution is 6.31. The maximum absolute atomic E-state index is 14.1. The summed E-state index contributed by atoms with van der Waals surface area (Å²) < 4.78 is 35.4. The zero-order valence-corrected chi connectivity index (χ0v) is 19.6. The lowest BCUT2D eigenvalue weighted by atomic mass is 10.1. The molecule has 36 heavy (non-hydrogen) atoms. The topological polar surface area (TPSA) is 44.1 Å². The highest BCUT2D eigenvalue weighted by atomic mass is 35.5. The minimum Gasteiger partial charge on any atom is -0.422 e. The van der Waals surface area contributed by atoms with Crippen LogP contribution < -0.4 is 0 Å². The summed E-state index contributed by atoms with van der Waals surface area (Å²) in [6.45, 7) is 0.403. The predicted octanol–water partition coefficient (Wildman–Crippen LogP) is 7.37. The van der Waals surface area contributed by atoms with Crippen LogP contribution in [0.1, 0.15) is 27.3 Å². The molecule has 0 aliphatic rings. The molecule has 0 atom stereocenters. The van der Waals surface area contributed by atoms with Crippen LogP contribution in [-0.2, 0) is 11.3 Å². The van der Waals surface area contributed by atoms with Crippen LogP contribution in [0.5, 0.6) is 0 Å². The third-order valence-electron chi connectivity index (χ3n) is 5.60. The zero-order valence-electron chi connectivity index (χ0n) is 18.9. The second-order valence-corrected chi connectivity index (χ2v) is 8.46. The van der Waals surface area contributed by atoms with E-state index in [0.717, 1.165) is 22.7 Å². The van der Waals surface area contributed by atoms with Crippen LogP contribution >= 0.6 is 11.6 Å². The lowest BCUT2D eigenvalue weighted by molar-refractivity contribution is 0.0693. The number of ether oxygens (including phenoxy) is 1. The van der Waals surface area contributed by atoms with Crippen molar-refractivity contribution in [3.05, 3.63) is 136 Å². The van der Waals surface area contributed by atoms with Crippen molar-refractivity contribution in [2.24, 2.45) is 0 Å². The molecule has 4 aromatic carbocycles. The SMILES string of the molecule is O=C(O/C(=C\c1nc2ccccc2n1Cc1ccccc1Cl)c1cccc(F)c1)c1cccc(F)c1. The number of hydrogen-bond acceptors (Lipinski definition) is 3. The van der Waals surface area contributed by atoms with E-state index in [1.54, 1.807) is 12.1 Å². The Bertz CT molecular complexity index is 1610. The quantitative estimate of drug-likeness (QED) is 0.180. The molecule has 4 nitrogen and oxygen atoms in total. The van der Waals surface area contributed by atoms with Gasteiger partial charge in [0, 0.05) is 16.7 Å². The standard InChI is InChI=1S/C29H19ClF2N2O2/c30-24-12-2-1-7-21(24)18-34-26-14-4-3-13-25(26)33-28(34)17-27(19-8-5-10-22(31)15-19)36-29(35)20-9-6-11-23(32)16-20/h1-17H,18H2/b27-17-. The molecule has 0 saturated carbocycles. The molecule has 5 aromatic rings. The van der Waals surface area contributed by atoms with Crippen molar-refractivity contribution in [2.45, 2.75) is 6.54 Å². The van der Waals surface area contributed by atoms with Crippen LogP contribution in [0.3, 0.4) is 0 Å². The van der Waals surface area contributed by atoms with Crippen LogP contribution in [-0.4, -0.2) is 15.5 Å². The number of benzene rings is 4. The van der Waals surface area contributed by atoms with Gasteiger partial charge in [-0.2, -0.15) is 0 Å². The van der Waals surface area contributed by atoms with E-state index in [1.807, 2.05) is 53.1 Å². The van der Waals surface area contributed by atoms with Crippen molar-refractivity contribution in [1.82, 2.24) is 9.55 Å². The first-order valence-electron chi connectivity index (χ1n) is 11.1. The van der Waals surface area contributed by atoms with Crippen molar-refractivity contribution >= 4 is 40.4 Å². The maximum Gasteiger partial charge on any atom is 0.343 e. The fraction of sp³-hybridized carbons (Fsp3) is 0.0345. The summed E-state index contributed by atoms with van der Waals surface area (Å²) >= 11 is 6.42. The summed E-state index contributed by atoms with van der Waals surface area (Å²) in [5, 5.41) is 0.605. The van der Waals surface area contributed by atoms with Crippen LogP contribution in [0.2, 0.25) is 5.02 Å². The molecular weight excluding hydrogens is 482 g/mol. The molecule has 0 aliphatic carbocycles. The Balaban J connectivity index is 1.63. The highest BCUT2D eigenvalue weighted by Crippen LogP contribution is 2.27. The first-order chi connectivity index (χ1) is 17.5. The van der Waals surface area contributed by atoms with Crippen molar-refractivity contribution in [3.8, 4) is 0 Å². The molecule has 0 bridgehead atoms. The average Bonchev–Trinajstić information content (AvgIpc) is 3.22. The molecule has 5 rings (SSSR count). The molecule has 0 amide bonds. The summed E-state index contributed by atoms with van der Waals surface area (Å²) in [5.41, 5.74) is 2.81. The van der Waals surface area contributed by atoms with Crippen LogP contribution in [0.25, 0.3) is 22.9 Å². The van der Waals surface area contributed by atoms with Crippen molar-refractivity contribution in [3.63, 3.8) is 0 Å². The molecule has 1 heterocycles. The van der Waals surface area contributed by atoms with E-state index < -0.39 is 17.6 Å². The summed E-state index contributed by atoms with van der Waals surface area (Å²) in [6.07, 6.45) is 1.57. The molecule has 0 spiro atoms. The van der Waals surface area contributed by atoms with Gasteiger partial charge in [0.15, 0.2) is 0 Å². The van der Waals surface area contributed by atoms with Crippen LogP contribution in [0, 0.1) is 11.6 Å². The van der Waals surface area contributed by atoms with Crippen LogP contribution in [0.15, 0.2) is 97.1 Å². The number of aromatic nitrogens is 2. The second kappa shape index (κ2) is 10.1. The van der Waals surface area contributed by atoms with E-state index in [0.29, 0.717) is 23.0 Å². The lowest BCUT2D eigenvalue weighted by Crippen LogP contribution is -2.07. The lowest BCUT2D eigenvalue weighted by Gasteiger charge is -2.12. The molecule has 1 aromatic heterocycles. The number of esters is 1. The molecular formula is C29H19ClF2N2O2. The van der Waals surface area contributed by atoms with Gasteiger partial charge in [0.1, 0.15) is 23.2 Å². The molecule has 0 N–H and O–H groups in total. The minimum absolute atomic E-state index is 0.0295. The van der Waals surface area contributed by atoms with Gasteiger partial charge < -0.3 is 9.30 Å². The monoisotopic (exact) mass is 500 g/mol. The van der Waals surface area contributed by atoms with Gasteiger partial charge in [-0.1, -0.05) is 60.1 Å². The van der Waals surface area contributed by atoms with Gasteiger partial charge in [-0.25, -0.2) is 18.6 Å². The van der Waals surface area contributed by atoms with Gasteiger partial charge in [0.2, 0.25) is 0 Å². The number of carbonyl (C=O) groups excluding carboxylic acids is 1. The van der Waals surface area contributed by atoms with Gasteiger partial charge in [-0.05, 0) is 54.1 Å². The Labute approximate surface area is 211 Å². The number of imidazole rings is 1. The van der Waals surface area contributed by atoms with Gasteiger partial charge in [-0.3, -0.25) is 0 Å². The smallest absolute Gasteiger partial charge is 0.343 e. The highest BCUT2D eigenvalue weighted by Gasteiger charge is 2.17. The third kappa shape index (κ3) is 5.04. The van der Waals surface area contributed by atoms with E-state index in [2.05, 4.69) is 0 Å². The van der Waals surface area contributed by atoms with Gasteiger partial charge in [-0.15, -0.1) is 0 Å². The van der Waals surface area contributed by atoms with Crippen LogP contribution in [0.4, 0.5) is 8.78 Å². The molecule has 0 fully saturated rings. The van der Waals surface area contributed by atoms with Crippen molar-refractivity contribution in [2.75, 3.05) is 0 Å². The van der Waals surface area contributed by atoms with Gasteiger partial charge in [0.05, 0.1) is 23.1 Å². The molecule has 178 valence electrons. The number of carbonyl (C=O) groups is 1. The molecule has 0 radical (unpaired) electrons. The summed E-state index contributed by atoms with van der Waals surface area (Å²) in [7, 11) is 0. The predicted molar refractivity (Wildman–Crippen MR) is 136 cm³/mol. The Kier molecular flexibility index (Phi) is 6.60. The number of para-hydroxylation sites is 2. The summed E-state index contributed by atoms with van der Waals surface area (Å²) in [6, 6.07) is 25.9. The number of fused-ring (bicyclic) bond motifs is 1. The van der Waals surface area contributed by atoms with Crippen molar-refractivity contribution in [1.29, 1.82) is 0 Å². The molecule has 7 heteroatoms. The normalized spacial score (nSPS) is 11.6. The zero-order chi connectivity index (χ0) is 25.1. The van der Waals surface area contributed by atoms with Gasteiger partial charge in [0.25, 0.3) is 0 Å². The minimum atomic E-state index is -0.779. The Morgan fingerprint density at radius 3 is 2.28 bits per heavy atom. The fourth-order valence-corrected chi connectivity index (χ4v) is 4.07. The number of halogens is 3. The summed E-state index contributed by atoms with van der Waals surface area (Å²) in [5.74, 6) is -1.30. The molecule has 0 unspecified atom stereocenters. The molecule has 0 aliphatic heterocycles. The summed E-state index contributed by atoms with van der Waals surface area (Å²) in [4.78, 5) is 17.6. The van der Waals surface area contributed by atoms with Gasteiger partial charge >= 0.3 is 5.97 Å². The number of hydrogen-bond donors (Lipinski definition) is 0. The largest absolute Gasteiger partial charge is 0.422 e. The fourth-order valence-electron chi connectivity index (χ4n) is 3.87. The first-order valence-corrected chi connectivity index (χ1v) is 11.5. The number of rotatable bonds is 6. The van der Waals surface area contributed by atoms with E-state index in [1.165, 1.54) is 36.4 Å². The van der Waals surface area contributed by atoms with E-state index in [9.17, 15) is 13.6 Å². The van der Waals surface area contributed by atoms with E-state index in [-0.39, 0.29) is 11.3 Å². The first kappa shape index (κ1) is 23.5. The van der Waals surface area contributed by atoms with E-state index in [4.69, 9.17) is 21.3 Å². The Hall–Kier alpha value is -4.29.